The van der Waals surface area contributed by atoms with E-state index in [0.29, 0.717) is 6.54 Å². The zero-order valence-electron chi connectivity index (χ0n) is 14.6. The molecular formula is C18H27N3O3. The Hall–Kier alpha value is -2.08. The third-order valence-corrected chi connectivity index (χ3v) is 4.51. The fourth-order valence-corrected chi connectivity index (χ4v) is 3.20. The van der Waals surface area contributed by atoms with Crippen molar-refractivity contribution in [2.45, 2.75) is 51.2 Å². The topological polar surface area (TPSA) is 84.7 Å². The molecule has 0 unspecified atom stereocenters. The second kappa shape index (κ2) is 8.15. The first-order valence-corrected chi connectivity index (χ1v) is 8.36. The van der Waals surface area contributed by atoms with E-state index in [4.69, 9.17) is 10.5 Å². The quantitative estimate of drug-likeness (QED) is 0.857. The van der Waals surface area contributed by atoms with Gasteiger partial charge in [-0.1, -0.05) is 12.1 Å². The van der Waals surface area contributed by atoms with E-state index < -0.39 is 0 Å². The maximum Gasteiger partial charge on any atom is 0.225 e. The largest absolute Gasteiger partial charge is 0.497 e. The molecule has 0 bridgehead atoms. The number of piperidine rings is 1. The number of nitrogens with two attached hydrogens (primary N) is 1. The lowest BCUT2D eigenvalue weighted by Gasteiger charge is -2.37. The average molecular weight is 333 g/mol. The summed E-state index contributed by atoms with van der Waals surface area (Å²) >= 11 is 0. The molecule has 1 aromatic carbocycles. The number of rotatable bonds is 5. The molecule has 3 N–H and O–H groups in total. The molecule has 1 heterocycles. The molecule has 3 atom stereocenters. The Bertz CT molecular complexity index is 573. The highest BCUT2D eigenvalue weighted by atomic mass is 16.5. The highest BCUT2D eigenvalue weighted by molar-refractivity contribution is 5.79. The molecule has 2 rings (SSSR count). The molecule has 6 heteroatoms. The highest BCUT2D eigenvalue weighted by Crippen LogP contribution is 2.24. The number of methoxy groups -OCH3 is 1. The van der Waals surface area contributed by atoms with E-state index in [1.165, 1.54) is 6.92 Å². The van der Waals surface area contributed by atoms with Gasteiger partial charge in [0.15, 0.2) is 0 Å². The molecule has 0 radical (unpaired) electrons. The van der Waals surface area contributed by atoms with Crippen molar-refractivity contribution in [3.8, 4) is 5.75 Å². The summed E-state index contributed by atoms with van der Waals surface area (Å²) < 4.78 is 5.16. The second-order valence-corrected chi connectivity index (χ2v) is 6.45. The standard InChI is InChI=1S/C18H27N3O3/c1-12-10-15(19)8-9-21(12)18(23)11-17(20-13(2)22)14-4-6-16(24-3)7-5-14/h4-7,12,15,17H,8-11,19H2,1-3H3,(H,20,22)/t12-,15+,17-/m0/s1. The Morgan fingerprint density at radius 2 is 2.04 bits per heavy atom. The number of likely N-dealkylation sites (tertiary alicyclic amines) is 1. The van der Waals surface area contributed by atoms with E-state index in [1.807, 2.05) is 36.1 Å². The minimum absolute atomic E-state index is 0.0453. The van der Waals surface area contributed by atoms with Crippen LogP contribution in [0.25, 0.3) is 0 Å². The maximum atomic E-state index is 12.7. The third-order valence-electron chi connectivity index (χ3n) is 4.51. The van der Waals surface area contributed by atoms with Crippen LogP contribution >= 0.6 is 0 Å². The molecular weight excluding hydrogens is 306 g/mol. The molecule has 0 saturated carbocycles. The van der Waals surface area contributed by atoms with E-state index in [0.717, 1.165) is 24.2 Å². The van der Waals surface area contributed by atoms with Crippen molar-refractivity contribution in [1.82, 2.24) is 10.2 Å². The summed E-state index contributed by atoms with van der Waals surface area (Å²) in [7, 11) is 1.60. The van der Waals surface area contributed by atoms with Gasteiger partial charge in [0.2, 0.25) is 11.8 Å². The lowest BCUT2D eigenvalue weighted by atomic mass is 9.97. The van der Waals surface area contributed by atoms with Crippen LogP contribution in [0.4, 0.5) is 0 Å². The van der Waals surface area contributed by atoms with Crippen molar-refractivity contribution in [2.24, 2.45) is 5.73 Å². The number of nitrogens with one attached hydrogen (secondary N) is 1. The summed E-state index contributed by atoms with van der Waals surface area (Å²) in [5, 5.41) is 2.88. The van der Waals surface area contributed by atoms with Gasteiger partial charge in [0, 0.05) is 25.6 Å². The number of benzene rings is 1. The maximum absolute atomic E-state index is 12.7. The first-order valence-electron chi connectivity index (χ1n) is 8.36. The summed E-state index contributed by atoms with van der Waals surface area (Å²) in [6.45, 7) is 4.16. The number of hydrogen-bond donors (Lipinski definition) is 2. The summed E-state index contributed by atoms with van der Waals surface area (Å²) in [5.41, 5.74) is 6.86. The van der Waals surface area contributed by atoms with Gasteiger partial charge in [0.05, 0.1) is 19.6 Å². The number of carbonyl (C=O) groups excluding carboxylic acids is 2. The van der Waals surface area contributed by atoms with Crippen molar-refractivity contribution < 1.29 is 14.3 Å². The molecule has 0 aliphatic carbocycles. The van der Waals surface area contributed by atoms with Gasteiger partial charge in [-0.15, -0.1) is 0 Å². The Kier molecular flexibility index (Phi) is 6.20. The summed E-state index contributed by atoms with van der Waals surface area (Å²) in [6, 6.07) is 7.37. The first-order chi connectivity index (χ1) is 11.4. The van der Waals surface area contributed by atoms with E-state index in [1.54, 1.807) is 7.11 Å². The summed E-state index contributed by atoms with van der Waals surface area (Å²) in [5.74, 6) is 0.631. The normalized spacial score (nSPS) is 21.9. The van der Waals surface area contributed by atoms with Crippen LogP contribution < -0.4 is 15.8 Å². The zero-order valence-corrected chi connectivity index (χ0v) is 14.6. The molecule has 1 aromatic rings. The van der Waals surface area contributed by atoms with Crippen LogP contribution in [0, 0.1) is 0 Å². The van der Waals surface area contributed by atoms with Crippen molar-refractivity contribution >= 4 is 11.8 Å². The van der Waals surface area contributed by atoms with Crippen LogP contribution in [0.3, 0.4) is 0 Å². The molecule has 132 valence electrons. The van der Waals surface area contributed by atoms with Gasteiger partial charge in [-0.25, -0.2) is 0 Å². The minimum Gasteiger partial charge on any atom is -0.497 e. The van der Waals surface area contributed by atoms with Crippen LogP contribution in [0.2, 0.25) is 0 Å². The molecule has 6 nitrogen and oxygen atoms in total. The molecule has 1 aliphatic heterocycles. The summed E-state index contributed by atoms with van der Waals surface area (Å²) in [4.78, 5) is 26.1. The van der Waals surface area contributed by atoms with Crippen molar-refractivity contribution in [3.05, 3.63) is 29.8 Å². The minimum atomic E-state index is -0.344. The van der Waals surface area contributed by atoms with Crippen molar-refractivity contribution in [3.63, 3.8) is 0 Å². The SMILES string of the molecule is COc1ccc([C@H](CC(=O)N2CC[C@@H](N)C[C@@H]2C)NC(C)=O)cc1. The Morgan fingerprint density at radius 3 is 2.58 bits per heavy atom. The molecule has 24 heavy (non-hydrogen) atoms. The highest BCUT2D eigenvalue weighted by Gasteiger charge is 2.29. The number of ether oxygens (including phenoxy) is 1. The van der Waals surface area contributed by atoms with Crippen molar-refractivity contribution in [2.75, 3.05) is 13.7 Å². The molecule has 2 amide bonds. The second-order valence-electron chi connectivity index (χ2n) is 6.45. The number of carbonyl (C=O) groups is 2. The average Bonchev–Trinajstić information content (AvgIpc) is 2.53. The van der Waals surface area contributed by atoms with Crippen LogP contribution in [-0.2, 0) is 9.59 Å². The Morgan fingerprint density at radius 1 is 1.38 bits per heavy atom. The Balaban J connectivity index is 2.10. The molecule has 1 fully saturated rings. The fourth-order valence-electron chi connectivity index (χ4n) is 3.20. The summed E-state index contributed by atoms with van der Waals surface area (Å²) in [6.07, 6.45) is 1.88. The predicted octanol–water partition coefficient (Wildman–Crippen LogP) is 1.60. The number of amides is 2. The van der Waals surface area contributed by atoms with Gasteiger partial charge in [-0.2, -0.15) is 0 Å². The smallest absolute Gasteiger partial charge is 0.225 e. The first kappa shape index (κ1) is 18.3. The van der Waals surface area contributed by atoms with E-state index >= 15 is 0 Å². The van der Waals surface area contributed by atoms with Crippen LogP contribution in [0.1, 0.15) is 44.7 Å². The van der Waals surface area contributed by atoms with Gasteiger partial charge < -0.3 is 20.7 Å². The van der Waals surface area contributed by atoms with Crippen molar-refractivity contribution in [1.29, 1.82) is 0 Å². The van der Waals surface area contributed by atoms with Crippen LogP contribution in [-0.4, -0.2) is 42.5 Å². The van der Waals surface area contributed by atoms with Gasteiger partial charge >= 0.3 is 0 Å². The lowest BCUT2D eigenvalue weighted by Crippen LogP contribution is -2.49. The van der Waals surface area contributed by atoms with E-state index in [-0.39, 0.29) is 36.4 Å². The van der Waals surface area contributed by atoms with E-state index in [2.05, 4.69) is 5.32 Å². The molecule has 0 spiro atoms. The van der Waals surface area contributed by atoms with E-state index in [9.17, 15) is 9.59 Å². The fraction of sp³-hybridized carbons (Fsp3) is 0.556. The Labute approximate surface area is 143 Å². The van der Waals surface area contributed by atoms with Gasteiger partial charge in [0.25, 0.3) is 0 Å². The van der Waals surface area contributed by atoms with Crippen LogP contribution in [0.5, 0.6) is 5.75 Å². The third kappa shape index (κ3) is 4.71. The molecule has 0 aromatic heterocycles. The number of hydrogen-bond acceptors (Lipinski definition) is 4. The predicted molar refractivity (Wildman–Crippen MR) is 92.6 cm³/mol. The molecule has 1 saturated heterocycles. The monoisotopic (exact) mass is 333 g/mol. The number of nitrogens with zero attached hydrogens (tertiary/aromatic N) is 1. The van der Waals surface area contributed by atoms with Gasteiger partial charge in [-0.3, -0.25) is 9.59 Å². The van der Waals surface area contributed by atoms with Gasteiger partial charge in [0.1, 0.15) is 5.75 Å². The van der Waals surface area contributed by atoms with Crippen LogP contribution in [0.15, 0.2) is 24.3 Å². The lowest BCUT2D eigenvalue weighted by molar-refractivity contribution is -0.135. The zero-order chi connectivity index (χ0) is 17.7. The molecule has 1 aliphatic rings. The van der Waals surface area contributed by atoms with Gasteiger partial charge in [-0.05, 0) is 37.5 Å².